The smallest absolute Gasteiger partial charge is 0.0112 e. The molecule has 0 rings (SSSR count). The summed E-state index contributed by atoms with van der Waals surface area (Å²) in [6, 6.07) is 0. The first kappa shape index (κ1) is 7.09. The number of hydrogen-bond donors (Lipinski definition) is 0. The molecule has 0 unspecified atom stereocenters. The summed E-state index contributed by atoms with van der Waals surface area (Å²) in [4.78, 5) is 0. The van der Waals surface area contributed by atoms with Crippen molar-refractivity contribution in [1.29, 1.82) is 0 Å². The fraction of sp³-hybridized carbons (Fsp3) is 0.667. The van der Waals surface area contributed by atoms with E-state index in [2.05, 4.69) is 26.2 Å². The first-order valence-corrected chi connectivity index (χ1v) is 3.79. The minimum absolute atomic E-state index is 1.16. The summed E-state index contributed by atoms with van der Waals surface area (Å²) < 4.78 is 0. The molecule has 0 aliphatic rings. The summed E-state index contributed by atoms with van der Waals surface area (Å²) in [5.41, 5.74) is 1.41. The summed E-state index contributed by atoms with van der Waals surface area (Å²) >= 11 is 1.85. The molecule has 0 aromatic rings. The monoisotopic (exact) mass is 116 g/mol. The molecule has 0 heterocycles. The van der Waals surface area contributed by atoms with Crippen LogP contribution in [0.4, 0.5) is 0 Å². The van der Waals surface area contributed by atoms with E-state index in [9.17, 15) is 0 Å². The van der Waals surface area contributed by atoms with E-state index in [0.717, 1.165) is 5.75 Å². The highest BCUT2D eigenvalue weighted by Gasteiger charge is 1.73. The molecule has 0 bridgehead atoms. The van der Waals surface area contributed by atoms with Crippen LogP contribution in [0.5, 0.6) is 0 Å². The van der Waals surface area contributed by atoms with Crippen LogP contribution in [0.25, 0.3) is 0 Å². The van der Waals surface area contributed by atoms with Crippen molar-refractivity contribution in [2.75, 3.05) is 12.0 Å². The molecular formula is C6H12S. The Labute approximate surface area is 50.0 Å². The maximum Gasteiger partial charge on any atom is 0.0112 e. The highest BCUT2D eigenvalue weighted by molar-refractivity contribution is 7.98. The Morgan fingerprint density at radius 3 is 2.29 bits per heavy atom. The Balaban J connectivity index is 3.08. The minimum Gasteiger partial charge on any atom is -0.161 e. The van der Waals surface area contributed by atoms with Gasteiger partial charge in [0.2, 0.25) is 0 Å². The number of hydrogen-bond acceptors (Lipinski definition) is 1. The average Bonchev–Trinajstić information content (AvgIpc) is 1.61. The lowest BCUT2D eigenvalue weighted by atomic mass is 10.3. The zero-order valence-electron chi connectivity index (χ0n) is 5.19. The lowest BCUT2D eigenvalue weighted by molar-refractivity contribution is 1.37. The molecule has 0 aromatic carbocycles. The summed E-state index contributed by atoms with van der Waals surface area (Å²) in [5, 5.41) is 0. The fourth-order valence-electron chi connectivity index (χ4n) is 0.250. The third kappa shape index (κ3) is 6.09. The second-order valence-corrected chi connectivity index (χ2v) is 2.65. The Kier molecular flexibility index (Phi) is 4.31. The summed E-state index contributed by atoms with van der Waals surface area (Å²) in [7, 11) is 0. The molecule has 1 heteroatoms. The number of rotatable bonds is 2. The molecule has 0 aliphatic heterocycles. The Morgan fingerprint density at radius 2 is 2.14 bits per heavy atom. The molecule has 7 heavy (non-hydrogen) atoms. The van der Waals surface area contributed by atoms with Gasteiger partial charge in [0.25, 0.3) is 0 Å². The molecule has 0 radical (unpaired) electrons. The van der Waals surface area contributed by atoms with Gasteiger partial charge in [0.1, 0.15) is 0 Å². The van der Waals surface area contributed by atoms with Crippen molar-refractivity contribution in [3.05, 3.63) is 11.6 Å². The standard InChI is InChI=1S/C6H12S/c1-6(2)4-5-7-3/h4H,5H2,1-3H3. The predicted molar refractivity (Wildman–Crippen MR) is 37.8 cm³/mol. The van der Waals surface area contributed by atoms with Gasteiger partial charge in [0.15, 0.2) is 0 Å². The third-order valence-electron chi connectivity index (χ3n) is 0.658. The van der Waals surface area contributed by atoms with Gasteiger partial charge < -0.3 is 0 Å². The van der Waals surface area contributed by atoms with Crippen molar-refractivity contribution >= 4 is 11.8 Å². The van der Waals surface area contributed by atoms with Gasteiger partial charge in [-0.15, -0.1) is 0 Å². The van der Waals surface area contributed by atoms with E-state index >= 15 is 0 Å². The van der Waals surface area contributed by atoms with Crippen molar-refractivity contribution in [2.24, 2.45) is 0 Å². The molecule has 0 spiro atoms. The summed E-state index contributed by atoms with van der Waals surface area (Å²) in [6.07, 6.45) is 4.34. The van der Waals surface area contributed by atoms with Crippen LogP contribution in [0.2, 0.25) is 0 Å². The van der Waals surface area contributed by atoms with Gasteiger partial charge in [-0.25, -0.2) is 0 Å². The van der Waals surface area contributed by atoms with Crippen molar-refractivity contribution in [2.45, 2.75) is 13.8 Å². The molecule has 0 atom stereocenters. The highest BCUT2D eigenvalue weighted by atomic mass is 32.2. The molecule has 0 N–H and O–H groups in total. The molecule has 0 fully saturated rings. The van der Waals surface area contributed by atoms with E-state index in [0.29, 0.717) is 0 Å². The van der Waals surface area contributed by atoms with Crippen LogP contribution >= 0.6 is 11.8 Å². The molecule has 42 valence electrons. The molecule has 0 aliphatic carbocycles. The first-order chi connectivity index (χ1) is 3.27. The van der Waals surface area contributed by atoms with Crippen LogP contribution in [0.1, 0.15) is 13.8 Å². The molecular weight excluding hydrogens is 104 g/mol. The predicted octanol–water partition coefficient (Wildman–Crippen LogP) is 2.32. The topological polar surface area (TPSA) is 0 Å². The van der Waals surface area contributed by atoms with Crippen LogP contribution in [0, 0.1) is 0 Å². The van der Waals surface area contributed by atoms with E-state index in [1.54, 1.807) is 0 Å². The highest BCUT2D eigenvalue weighted by Crippen LogP contribution is 1.95. The number of allylic oxidation sites excluding steroid dienone is 1. The van der Waals surface area contributed by atoms with Crippen molar-refractivity contribution in [3.8, 4) is 0 Å². The Morgan fingerprint density at radius 1 is 1.57 bits per heavy atom. The van der Waals surface area contributed by atoms with Gasteiger partial charge in [-0.1, -0.05) is 11.6 Å². The minimum atomic E-state index is 1.16. The third-order valence-corrected chi connectivity index (χ3v) is 1.16. The second kappa shape index (κ2) is 4.25. The van der Waals surface area contributed by atoms with Gasteiger partial charge in [0, 0.05) is 5.75 Å². The van der Waals surface area contributed by atoms with E-state index in [4.69, 9.17) is 0 Å². The Bertz CT molecular complexity index is 60.6. The van der Waals surface area contributed by atoms with Crippen LogP contribution in [0.15, 0.2) is 11.6 Å². The van der Waals surface area contributed by atoms with Crippen molar-refractivity contribution < 1.29 is 0 Å². The maximum atomic E-state index is 2.23. The van der Waals surface area contributed by atoms with E-state index in [-0.39, 0.29) is 0 Å². The van der Waals surface area contributed by atoms with Gasteiger partial charge in [-0.05, 0) is 20.1 Å². The lowest BCUT2D eigenvalue weighted by Crippen LogP contribution is -1.68. The lowest BCUT2D eigenvalue weighted by Gasteiger charge is -1.85. The summed E-state index contributed by atoms with van der Waals surface area (Å²) in [6.45, 7) is 4.24. The van der Waals surface area contributed by atoms with Gasteiger partial charge in [-0.2, -0.15) is 11.8 Å². The fourth-order valence-corrected chi connectivity index (χ4v) is 0.750. The van der Waals surface area contributed by atoms with Crippen molar-refractivity contribution in [1.82, 2.24) is 0 Å². The molecule has 0 saturated carbocycles. The van der Waals surface area contributed by atoms with E-state index in [1.807, 2.05) is 11.8 Å². The zero-order chi connectivity index (χ0) is 5.70. The second-order valence-electron chi connectivity index (χ2n) is 1.74. The Hall–Kier alpha value is 0.0900. The molecule has 0 aromatic heterocycles. The van der Waals surface area contributed by atoms with E-state index < -0.39 is 0 Å². The normalized spacial score (nSPS) is 8.43. The average molecular weight is 116 g/mol. The zero-order valence-corrected chi connectivity index (χ0v) is 6.01. The van der Waals surface area contributed by atoms with Crippen molar-refractivity contribution in [3.63, 3.8) is 0 Å². The van der Waals surface area contributed by atoms with Gasteiger partial charge in [0.05, 0.1) is 0 Å². The van der Waals surface area contributed by atoms with Gasteiger partial charge in [-0.3, -0.25) is 0 Å². The molecule has 0 saturated heterocycles. The van der Waals surface area contributed by atoms with Gasteiger partial charge >= 0.3 is 0 Å². The SMILES string of the molecule is CSCC=C(C)C. The van der Waals surface area contributed by atoms with Crippen LogP contribution in [-0.4, -0.2) is 12.0 Å². The number of thioether (sulfide) groups is 1. The van der Waals surface area contributed by atoms with E-state index in [1.165, 1.54) is 5.57 Å². The van der Waals surface area contributed by atoms with Crippen LogP contribution in [-0.2, 0) is 0 Å². The molecule has 0 nitrogen and oxygen atoms in total. The van der Waals surface area contributed by atoms with Crippen LogP contribution in [0.3, 0.4) is 0 Å². The van der Waals surface area contributed by atoms with Crippen LogP contribution < -0.4 is 0 Å². The molecule has 0 amide bonds. The summed E-state index contributed by atoms with van der Waals surface area (Å²) in [5.74, 6) is 1.16. The first-order valence-electron chi connectivity index (χ1n) is 2.39. The maximum absolute atomic E-state index is 2.23. The largest absolute Gasteiger partial charge is 0.161 e. The quantitative estimate of drug-likeness (QED) is 0.499.